The molecule has 0 aliphatic heterocycles. The van der Waals surface area contributed by atoms with Crippen LogP contribution in [-0.2, 0) is 6.42 Å². The van der Waals surface area contributed by atoms with Gasteiger partial charge in [0.05, 0.1) is 0 Å². The zero-order valence-electron chi connectivity index (χ0n) is 13.8. The van der Waals surface area contributed by atoms with Crippen molar-refractivity contribution in [2.75, 3.05) is 19.6 Å². The Morgan fingerprint density at radius 1 is 1.09 bits per heavy atom. The minimum atomic E-state index is -0.0909. The second-order valence-corrected chi connectivity index (χ2v) is 6.08. The Balaban J connectivity index is 1.80. The Bertz CT molecular complexity index is 622. The monoisotopic (exact) mass is 313 g/mol. The minimum absolute atomic E-state index is 0.0909. The molecule has 2 amide bonds. The molecule has 2 aromatic rings. The number of hydrogen-bond acceptors (Lipinski definition) is 2. The molecule has 1 unspecified atom stereocenters. The molecule has 23 heavy (non-hydrogen) atoms. The highest BCUT2D eigenvalue weighted by molar-refractivity contribution is 5.85. The molecular weight excluding hydrogens is 286 g/mol. The van der Waals surface area contributed by atoms with Gasteiger partial charge in [0.15, 0.2) is 0 Å². The molecule has 0 saturated heterocycles. The second-order valence-electron chi connectivity index (χ2n) is 6.08. The molecule has 0 aliphatic carbocycles. The van der Waals surface area contributed by atoms with E-state index in [2.05, 4.69) is 60.0 Å². The molecule has 0 heterocycles. The first kappa shape index (κ1) is 17.3. The first-order valence-electron chi connectivity index (χ1n) is 8.39. The van der Waals surface area contributed by atoms with Crippen LogP contribution in [0.1, 0.15) is 25.3 Å². The van der Waals surface area contributed by atoms with E-state index in [4.69, 9.17) is 5.73 Å². The van der Waals surface area contributed by atoms with Crippen LogP contribution in [0.4, 0.5) is 4.79 Å². The second kappa shape index (κ2) is 9.16. The summed E-state index contributed by atoms with van der Waals surface area (Å²) in [6.45, 7) is 4.19. The van der Waals surface area contributed by atoms with E-state index in [-0.39, 0.29) is 6.03 Å². The van der Waals surface area contributed by atoms with Crippen molar-refractivity contribution in [3.8, 4) is 0 Å². The van der Waals surface area contributed by atoms with Gasteiger partial charge >= 0.3 is 6.03 Å². The van der Waals surface area contributed by atoms with E-state index in [0.717, 1.165) is 19.3 Å². The van der Waals surface area contributed by atoms with Gasteiger partial charge in [-0.3, -0.25) is 0 Å². The average Bonchev–Trinajstić information content (AvgIpc) is 2.57. The van der Waals surface area contributed by atoms with Crippen LogP contribution in [0.3, 0.4) is 0 Å². The Morgan fingerprint density at radius 3 is 2.70 bits per heavy atom. The molecule has 2 aromatic carbocycles. The van der Waals surface area contributed by atoms with Gasteiger partial charge in [0, 0.05) is 13.1 Å². The van der Waals surface area contributed by atoms with Crippen LogP contribution in [0.5, 0.6) is 0 Å². The summed E-state index contributed by atoms with van der Waals surface area (Å²) >= 11 is 0. The fourth-order valence-corrected chi connectivity index (χ4v) is 2.72. The van der Waals surface area contributed by atoms with Crippen molar-refractivity contribution < 1.29 is 4.79 Å². The number of carbonyl (C=O) groups excluding carboxylic acids is 1. The molecule has 0 bridgehead atoms. The molecule has 0 spiro atoms. The van der Waals surface area contributed by atoms with Crippen molar-refractivity contribution in [2.24, 2.45) is 11.7 Å². The van der Waals surface area contributed by atoms with Crippen molar-refractivity contribution in [3.63, 3.8) is 0 Å². The zero-order valence-corrected chi connectivity index (χ0v) is 13.8. The van der Waals surface area contributed by atoms with Crippen LogP contribution in [0, 0.1) is 5.92 Å². The quantitative estimate of drug-likeness (QED) is 0.656. The Morgan fingerprint density at radius 2 is 1.87 bits per heavy atom. The van der Waals surface area contributed by atoms with Crippen molar-refractivity contribution in [1.82, 2.24) is 10.6 Å². The van der Waals surface area contributed by atoms with Gasteiger partial charge in [0.2, 0.25) is 0 Å². The van der Waals surface area contributed by atoms with Gasteiger partial charge in [-0.1, -0.05) is 49.4 Å². The average molecular weight is 313 g/mol. The number of nitrogens with one attached hydrogen (secondary N) is 2. The standard InChI is InChI=1S/C19H27N3O/c1-15(14-22-19(23)21-12-5-4-11-20)13-17-9-6-8-16-7-2-3-10-18(16)17/h2-3,6-10,15H,4-5,11-14,20H2,1H3,(H2,21,22,23). The Kier molecular flexibility index (Phi) is 6.88. The van der Waals surface area contributed by atoms with E-state index in [9.17, 15) is 4.79 Å². The largest absolute Gasteiger partial charge is 0.338 e. The molecule has 0 saturated carbocycles. The number of benzene rings is 2. The third kappa shape index (κ3) is 5.57. The summed E-state index contributed by atoms with van der Waals surface area (Å²) in [5.74, 6) is 0.385. The normalized spacial score (nSPS) is 12.1. The lowest BCUT2D eigenvalue weighted by Crippen LogP contribution is -2.38. The number of urea groups is 1. The van der Waals surface area contributed by atoms with E-state index in [1.165, 1.54) is 16.3 Å². The number of hydrogen-bond donors (Lipinski definition) is 3. The molecule has 1 atom stereocenters. The van der Waals surface area contributed by atoms with Gasteiger partial charge in [-0.25, -0.2) is 4.79 Å². The summed E-state index contributed by atoms with van der Waals surface area (Å²) in [4.78, 5) is 11.7. The summed E-state index contributed by atoms with van der Waals surface area (Å²) in [5.41, 5.74) is 6.76. The molecule has 4 N–H and O–H groups in total. The van der Waals surface area contributed by atoms with Gasteiger partial charge in [0.25, 0.3) is 0 Å². The molecule has 0 aromatic heterocycles. The molecule has 2 rings (SSSR count). The number of amides is 2. The van der Waals surface area contributed by atoms with Crippen LogP contribution in [0.15, 0.2) is 42.5 Å². The smallest absolute Gasteiger partial charge is 0.314 e. The highest BCUT2D eigenvalue weighted by atomic mass is 16.2. The minimum Gasteiger partial charge on any atom is -0.338 e. The number of carbonyl (C=O) groups is 1. The molecule has 0 fully saturated rings. The van der Waals surface area contributed by atoms with E-state index in [0.29, 0.717) is 25.6 Å². The highest BCUT2D eigenvalue weighted by Crippen LogP contribution is 2.20. The Labute approximate surface area is 138 Å². The van der Waals surface area contributed by atoms with Gasteiger partial charge < -0.3 is 16.4 Å². The predicted molar refractivity (Wildman–Crippen MR) is 96.5 cm³/mol. The predicted octanol–water partition coefficient (Wildman–Crippen LogP) is 3.06. The van der Waals surface area contributed by atoms with E-state index in [1.54, 1.807) is 0 Å². The lowest BCUT2D eigenvalue weighted by molar-refractivity contribution is 0.239. The number of fused-ring (bicyclic) bond motifs is 1. The lowest BCUT2D eigenvalue weighted by Gasteiger charge is -2.15. The van der Waals surface area contributed by atoms with Gasteiger partial charge in [0.1, 0.15) is 0 Å². The fourth-order valence-electron chi connectivity index (χ4n) is 2.72. The third-order valence-corrected chi connectivity index (χ3v) is 3.98. The molecule has 4 nitrogen and oxygen atoms in total. The number of rotatable bonds is 8. The summed E-state index contributed by atoms with van der Waals surface area (Å²) < 4.78 is 0. The van der Waals surface area contributed by atoms with Crippen LogP contribution in [-0.4, -0.2) is 25.7 Å². The lowest BCUT2D eigenvalue weighted by atomic mass is 9.96. The first-order chi connectivity index (χ1) is 11.2. The first-order valence-corrected chi connectivity index (χ1v) is 8.39. The maximum atomic E-state index is 11.7. The van der Waals surface area contributed by atoms with Crippen LogP contribution >= 0.6 is 0 Å². The topological polar surface area (TPSA) is 67.2 Å². The summed E-state index contributed by atoms with van der Waals surface area (Å²) in [6, 6.07) is 14.7. The van der Waals surface area contributed by atoms with Crippen LogP contribution < -0.4 is 16.4 Å². The molecule has 0 radical (unpaired) electrons. The SMILES string of the molecule is CC(CNC(=O)NCCCCN)Cc1cccc2ccccc12. The summed E-state index contributed by atoms with van der Waals surface area (Å²) in [6.07, 6.45) is 2.82. The fraction of sp³-hybridized carbons (Fsp3) is 0.421. The van der Waals surface area contributed by atoms with Crippen LogP contribution in [0.2, 0.25) is 0 Å². The van der Waals surface area contributed by atoms with Crippen LogP contribution in [0.25, 0.3) is 10.8 Å². The molecular formula is C19H27N3O. The molecule has 0 aliphatic rings. The van der Waals surface area contributed by atoms with E-state index in [1.807, 2.05) is 0 Å². The van der Waals surface area contributed by atoms with Crippen molar-refractivity contribution in [3.05, 3.63) is 48.0 Å². The summed E-state index contributed by atoms with van der Waals surface area (Å²) in [5, 5.41) is 8.37. The number of nitrogens with two attached hydrogens (primary N) is 1. The van der Waals surface area contributed by atoms with Crippen molar-refractivity contribution in [1.29, 1.82) is 0 Å². The maximum absolute atomic E-state index is 11.7. The third-order valence-electron chi connectivity index (χ3n) is 3.98. The maximum Gasteiger partial charge on any atom is 0.314 e. The van der Waals surface area contributed by atoms with Crippen molar-refractivity contribution in [2.45, 2.75) is 26.2 Å². The Hall–Kier alpha value is -2.07. The van der Waals surface area contributed by atoms with Gasteiger partial charge in [-0.05, 0) is 48.1 Å². The highest BCUT2D eigenvalue weighted by Gasteiger charge is 2.08. The molecule has 124 valence electrons. The zero-order chi connectivity index (χ0) is 16.5. The van der Waals surface area contributed by atoms with Crippen molar-refractivity contribution >= 4 is 16.8 Å². The van der Waals surface area contributed by atoms with E-state index < -0.39 is 0 Å². The van der Waals surface area contributed by atoms with Gasteiger partial charge in [-0.2, -0.15) is 0 Å². The van der Waals surface area contributed by atoms with E-state index >= 15 is 0 Å². The molecule has 4 heteroatoms. The summed E-state index contributed by atoms with van der Waals surface area (Å²) in [7, 11) is 0. The number of unbranched alkanes of at least 4 members (excludes halogenated alkanes) is 1. The van der Waals surface area contributed by atoms with Gasteiger partial charge in [-0.15, -0.1) is 0 Å².